The number of esters is 1. The van der Waals surface area contributed by atoms with Crippen LogP contribution in [-0.2, 0) is 4.74 Å². The summed E-state index contributed by atoms with van der Waals surface area (Å²) in [6.45, 7) is 3.28. The van der Waals surface area contributed by atoms with Crippen LogP contribution in [0.4, 0.5) is 5.69 Å². The Kier molecular flexibility index (Phi) is 4.34. The molecule has 0 unspecified atom stereocenters. The van der Waals surface area contributed by atoms with Crippen molar-refractivity contribution in [2.45, 2.75) is 0 Å². The lowest BCUT2D eigenvalue weighted by molar-refractivity contribution is -0.384. The quantitative estimate of drug-likeness (QED) is 0.301. The Morgan fingerprint density at radius 3 is 2.83 bits per heavy atom. The Balaban J connectivity index is 0.00000288. The first-order valence-electron chi connectivity index (χ1n) is 6.07. The Morgan fingerprint density at radius 1 is 1.61 bits per heavy atom. The third kappa shape index (κ3) is 2.86. The number of nitrogens with zero attached hydrogens (tertiary/aromatic N) is 3. The topological polar surface area (TPSA) is 124 Å². The van der Waals surface area contributed by atoms with E-state index in [1.807, 2.05) is 6.07 Å². The largest absolute Gasteiger partial charge is 0.431 e. The normalized spacial score (nSPS) is 9.91. The molecular formula is C14H11ClN4O4. The van der Waals surface area contributed by atoms with E-state index < -0.39 is 10.9 Å². The van der Waals surface area contributed by atoms with Gasteiger partial charge in [0.25, 0.3) is 5.69 Å². The molecular weight excluding hydrogens is 324 g/mol. The summed E-state index contributed by atoms with van der Waals surface area (Å²) in [5, 5.41) is 19.9. The predicted molar refractivity (Wildman–Crippen MR) is 84.1 cm³/mol. The van der Waals surface area contributed by atoms with Crippen LogP contribution < -0.4 is 5.84 Å². The fourth-order valence-corrected chi connectivity index (χ4v) is 2.28. The number of aromatic nitrogens is 1. The number of nitro benzene ring substituents is 1. The second-order valence-corrected chi connectivity index (χ2v) is 4.69. The summed E-state index contributed by atoms with van der Waals surface area (Å²) in [4.78, 5) is 22.1. The maximum atomic E-state index is 12.0. The highest BCUT2D eigenvalue weighted by Gasteiger charge is 2.24. The molecule has 1 aromatic heterocycles. The summed E-state index contributed by atoms with van der Waals surface area (Å²) in [7, 11) is 0. The number of halogens is 1. The van der Waals surface area contributed by atoms with Gasteiger partial charge in [-0.3, -0.25) is 14.8 Å². The smallest absolute Gasteiger partial charge is 0.345 e. The van der Waals surface area contributed by atoms with Crippen LogP contribution in [0.2, 0.25) is 5.02 Å². The molecule has 0 spiro atoms. The molecule has 0 radical (unpaired) electrons. The second kappa shape index (κ2) is 6.21. The first-order valence-corrected chi connectivity index (χ1v) is 6.45. The summed E-state index contributed by atoms with van der Waals surface area (Å²) in [5.41, 5.74) is 0.173. The van der Waals surface area contributed by atoms with Gasteiger partial charge in [-0.25, -0.2) is 4.79 Å². The molecule has 23 heavy (non-hydrogen) atoms. The first kappa shape index (κ1) is 16.1. The van der Waals surface area contributed by atoms with Gasteiger partial charge in [0.15, 0.2) is 0 Å². The summed E-state index contributed by atoms with van der Waals surface area (Å²) >= 11 is 5.87. The number of hydrogen-bond donors (Lipinski definition) is 1. The van der Waals surface area contributed by atoms with Crippen molar-refractivity contribution in [1.82, 2.24) is 4.68 Å². The van der Waals surface area contributed by atoms with Crippen molar-refractivity contribution in [2.24, 2.45) is 0 Å². The lowest BCUT2D eigenvalue weighted by Gasteiger charge is -2.05. The van der Waals surface area contributed by atoms with E-state index in [0.717, 1.165) is 10.9 Å². The van der Waals surface area contributed by atoms with E-state index in [9.17, 15) is 20.2 Å². The van der Waals surface area contributed by atoms with Crippen molar-refractivity contribution in [3.63, 3.8) is 0 Å². The number of nitrogens with two attached hydrogens (primary N) is 1. The molecule has 0 bridgehead atoms. The fraction of sp³-hybridized carbons (Fsp3) is 0. The molecule has 0 aliphatic carbocycles. The molecule has 8 nitrogen and oxygen atoms in total. The van der Waals surface area contributed by atoms with Gasteiger partial charge in [0, 0.05) is 19.3 Å². The molecule has 118 valence electrons. The van der Waals surface area contributed by atoms with Gasteiger partial charge >= 0.3 is 5.97 Å². The maximum absolute atomic E-state index is 12.0. The van der Waals surface area contributed by atoms with E-state index in [-0.39, 0.29) is 29.0 Å². The fourth-order valence-electron chi connectivity index (χ4n) is 2.04. The van der Waals surface area contributed by atoms with Gasteiger partial charge in [0.05, 0.1) is 16.7 Å². The molecule has 0 aliphatic heterocycles. The third-order valence-electron chi connectivity index (χ3n) is 2.98. The molecule has 0 amide bonds. The molecule has 2 N–H and O–H groups in total. The van der Waals surface area contributed by atoms with Crippen LogP contribution in [0.1, 0.15) is 17.5 Å². The number of carbonyl (C=O) groups excluding carboxylic acids is 1. The minimum atomic E-state index is -0.773. The maximum Gasteiger partial charge on any atom is 0.345 e. The standard InChI is InChI=1S/C14H9ClN4O4.H2/c1-2-23-14(20)9-7-18(17)12(6-16)13(9)8-3-4-11(19(21)22)10(15)5-8;/h2-5,7H,1,17H2;1H. The summed E-state index contributed by atoms with van der Waals surface area (Å²) in [6, 6.07) is 5.68. The molecule has 9 heteroatoms. The minimum absolute atomic E-state index is 0. The van der Waals surface area contributed by atoms with Gasteiger partial charge in [-0.15, -0.1) is 0 Å². The Morgan fingerprint density at radius 2 is 2.30 bits per heavy atom. The van der Waals surface area contributed by atoms with Gasteiger partial charge in [0.2, 0.25) is 0 Å². The second-order valence-electron chi connectivity index (χ2n) is 4.28. The van der Waals surface area contributed by atoms with E-state index in [1.165, 1.54) is 24.4 Å². The summed E-state index contributed by atoms with van der Waals surface area (Å²) < 4.78 is 5.66. The lowest BCUT2D eigenvalue weighted by atomic mass is 10.0. The molecule has 0 atom stereocenters. The van der Waals surface area contributed by atoms with Crippen LogP contribution in [0, 0.1) is 21.4 Å². The molecule has 0 aliphatic rings. The molecule has 1 heterocycles. The van der Waals surface area contributed by atoms with Crippen LogP contribution >= 0.6 is 11.6 Å². The number of hydrogen-bond acceptors (Lipinski definition) is 6. The number of nitrogen functional groups attached to an aromatic ring is 1. The van der Waals surface area contributed by atoms with Crippen molar-refractivity contribution in [3.05, 3.63) is 63.6 Å². The Bertz CT molecular complexity index is 872. The van der Waals surface area contributed by atoms with E-state index in [1.54, 1.807) is 0 Å². The van der Waals surface area contributed by atoms with Crippen molar-refractivity contribution in [3.8, 4) is 17.2 Å². The summed E-state index contributed by atoms with van der Waals surface area (Å²) in [6.07, 6.45) is 2.16. The van der Waals surface area contributed by atoms with Gasteiger partial charge in [-0.2, -0.15) is 5.26 Å². The van der Waals surface area contributed by atoms with Crippen LogP contribution in [0.3, 0.4) is 0 Å². The van der Waals surface area contributed by atoms with Gasteiger partial charge in [0.1, 0.15) is 16.8 Å². The average molecular weight is 335 g/mol. The van der Waals surface area contributed by atoms with Crippen molar-refractivity contribution in [2.75, 3.05) is 5.84 Å². The number of nitro groups is 1. The average Bonchev–Trinajstić information content (AvgIpc) is 2.83. The van der Waals surface area contributed by atoms with Crippen LogP contribution in [0.5, 0.6) is 0 Å². The SMILES string of the molecule is C=COC(=O)c1cn(N)c(C#N)c1-c1ccc([N+](=O)[O-])c(Cl)c1.[HH]. The van der Waals surface area contributed by atoms with Crippen LogP contribution in [0.15, 0.2) is 37.2 Å². The van der Waals surface area contributed by atoms with Crippen molar-refractivity contribution in [1.29, 1.82) is 5.26 Å². The Hall–Kier alpha value is -3.31. The van der Waals surface area contributed by atoms with Gasteiger partial charge < -0.3 is 10.6 Å². The van der Waals surface area contributed by atoms with Gasteiger partial charge in [-0.1, -0.05) is 18.2 Å². The van der Waals surface area contributed by atoms with Crippen LogP contribution in [-0.4, -0.2) is 15.6 Å². The number of ether oxygens (including phenoxy) is 1. The number of benzene rings is 1. The lowest BCUT2D eigenvalue weighted by Crippen LogP contribution is -2.08. The van der Waals surface area contributed by atoms with E-state index in [0.29, 0.717) is 5.56 Å². The highest BCUT2D eigenvalue weighted by atomic mass is 35.5. The highest BCUT2D eigenvalue weighted by Crippen LogP contribution is 2.34. The third-order valence-corrected chi connectivity index (χ3v) is 3.28. The first-order chi connectivity index (χ1) is 10.9. The molecule has 0 saturated heterocycles. The number of nitriles is 1. The van der Waals surface area contributed by atoms with E-state index in [4.69, 9.17) is 22.2 Å². The molecule has 2 rings (SSSR count). The van der Waals surface area contributed by atoms with E-state index >= 15 is 0 Å². The van der Waals surface area contributed by atoms with Crippen molar-refractivity contribution < 1.29 is 15.9 Å². The summed E-state index contributed by atoms with van der Waals surface area (Å²) in [5.74, 6) is 4.89. The number of rotatable bonds is 4. The predicted octanol–water partition coefficient (Wildman–Crippen LogP) is 2.85. The van der Waals surface area contributed by atoms with Crippen LogP contribution in [0.25, 0.3) is 11.1 Å². The zero-order valence-corrected chi connectivity index (χ0v) is 12.3. The molecule has 1 aromatic carbocycles. The number of carbonyl (C=O) groups is 1. The highest BCUT2D eigenvalue weighted by molar-refractivity contribution is 6.33. The zero-order valence-electron chi connectivity index (χ0n) is 11.5. The zero-order chi connectivity index (χ0) is 17.1. The van der Waals surface area contributed by atoms with Gasteiger partial charge in [-0.05, 0) is 17.7 Å². The minimum Gasteiger partial charge on any atom is -0.431 e. The molecule has 0 saturated carbocycles. The Labute approximate surface area is 136 Å². The monoisotopic (exact) mass is 334 g/mol. The van der Waals surface area contributed by atoms with Crippen molar-refractivity contribution >= 4 is 23.3 Å². The molecule has 0 fully saturated rings. The van der Waals surface area contributed by atoms with E-state index in [2.05, 4.69) is 6.58 Å². The molecule has 2 aromatic rings.